The highest BCUT2D eigenvalue weighted by Gasteiger charge is 2.20. The molecule has 0 saturated heterocycles. The zero-order chi connectivity index (χ0) is 27.9. The first-order valence-electron chi connectivity index (χ1n) is 13.9. The summed E-state index contributed by atoms with van der Waals surface area (Å²) >= 11 is 0. The SMILES string of the molecule is C=CCC1CCC(COc2ccc(/C=C/C(=O)OCCCCCCOC(=O)c3cc(N)cc(N)c3)cc2)CC1. The van der Waals surface area contributed by atoms with Crippen molar-refractivity contribution >= 4 is 29.4 Å². The number of carbonyl (C=O) groups excluding carboxylic acids is 2. The van der Waals surface area contributed by atoms with E-state index in [2.05, 4.69) is 6.58 Å². The quantitative estimate of drug-likeness (QED) is 0.0871. The minimum absolute atomic E-state index is 0.316. The van der Waals surface area contributed by atoms with E-state index < -0.39 is 5.97 Å². The van der Waals surface area contributed by atoms with E-state index in [-0.39, 0.29) is 5.97 Å². The van der Waals surface area contributed by atoms with Gasteiger partial charge in [0.15, 0.2) is 0 Å². The number of esters is 2. The summed E-state index contributed by atoms with van der Waals surface area (Å²) < 4.78 is 16.5. The number of nitrogens with two attached hydrogens (primary N) is 2. The Bertz CT molecular complexity index is 1070. The lowest BCUT2D eigenvalue weighted by molar-refractivity contribution is -0.137. The number of nitrogen functional groups attached to an aromatic ring is 2. The molecule has 1 aliphatic carbocycles. The number of anilines is 2. The summed E-state index contributed by atoms with van der Waals surface area (Å²) in [7, 11) is 0. The molecule has 1 saturated carbocycles. The summed E-state index contributed by atoms with van der Waals surface area (Å²) in [6.45, 7) is 5.28. The minimum atomic E-state index is -0.436. The molecule has 0 aliphatic heterocycles. The molecule has 39 heavy (non-hydrogen) atoms. The van der Waals surface area contributed by atoms with Crippen LogP contribution in [0.1, 0.15) is 73.7 Å². The Labute approximate surface area is 232 Å². The first kappa shape index (κ1) is 29.8. The molecule has 3 rings (SSSR count). The van der Waals surface area contributed by atoms with Crippen LogP contribution in [0.25, 0.3) is 6.08 Å². The zero-order valence-corrected chi connectivity index (χ0v) is 22.8. The Kier molecular flexibility index (Phi) is 12.4. The summed E-state index contributed by atoms with van der Waals surface area (Å²) in [4.78, 5) is 24.1. The first-order valence-corrected chi connectivity index (χ1v) is 13.9. The molecule has 0 bridgehead atoms. The fourth-order valence-corrected chi connectivity index (χ4v) is 4.74. The zero-order valence-electron chi connectivity index (χ0n) is 22.8. The van der Waals surface area contributed by atoms with Crippen molar-refractivity contribution in [3.8, 4) is 5.75 Å². The van der Waals surface area contributed by atoms with Crippen molar-refractivity contribution in [1.29, 1.82) is 0 Å². The van der Waals surface area contributed by atoms with Crippen LogP contribution in [0, 0.1) is 11.8 Å². The number of hydrogen-bond donors (Lipinski definition) is 2. The van der Waals surface area contributed by atoms with Gasteiger partial charge in [-0.25, -0.2) is 9.59 Å². The lowest BCUT2D eigenvalue weighted by Gasteiger charge is -2.27. The number of hydrogen-bond acceptors (Lipinski definition) is 7. The summed E-state index contributed by atoms with van der Waals surface area (Å²) in [5.41, 5.74) is 13.5. The van der Waals surface area contributed by atoms with E-state index in [0.29, 0.717) is 36.1 Å². The molecule has 4 N–H and O–H groups in total. The molecule has 0 amide bonds. The maximum absolute atomic E-state index is 12.0. The van der Waals surface area contributed by atoms with Crippen LogP contribution in [-0.2, 0) is 14.3 Å². The van der Waals surface area contributed by atoms with Crippen molar-refractivity contribution in [3.05, 3.63) is 72.3 Å². The molecule has 0 radical (unpaired) electrons. The number of rotatable bonds is 15. The molecule has 2 aromatic rings. The van der Waals surface area contributed by atoms with E-state index in [0.717, 1.165) is 55.9 Å². The molecular weight excluding hydrogens is 492 g/mol. The smallest absolute Gasteiger partial charge is 0.338 e. The highest BCUT2D eigenvalue weighted by molar-refractivity contribution is 5.91. The van der Waals surface area contributed by atoms with Crippen molar-refractivity contribution < 1.29 is 23.8 Å². The third kappa shape index (κ3) is 11.3. The largest absolute Gasteiger partial charge is 0.493 e. The Balaban J connectivity index is 1.22. The van der Waals surface area contributed by atoms with Crippen LogP contribution in [-0.4, -0.2) is 31.8 Å². The Morgan fingerprint density at radius 2 is 1.46 bits per heavy atom. The molecule has 0 heterocycles. The first-order chi connectivity index (χ1) is 18.9. The Morgan fingerprint density at radius 3 is 2.10 bits per heavy atom. The molecule has 210 valence electrons. The van der Waals surface area contributed by atoms with Gasteiger partial charge in [0.25, 0.3) is 0 Å². The summed E-state index contributed by atoms with van der Waals surface area (Å²) in [6, 6.07) is 12.4. The molecular formula is C32H42N2O5. The van der Waals surface area contributed by atoms with Gasteiger partial charge in [0.2, 0.25) is 0 Å². The van der Waals surface area contributed by atoms with Gasteiger partial charge in [-0.15, -0.1) is 6.58 Å². The molecule has 0 spiro atoms. The third-order valence-corrected chi connectivity index (χ3v) is 6.97. The number of carbonyl (C=O) groups is 2. The number of ether oxygens (including phenoxy) is 3. The minimum Gasteiger partial charge on any atom is -0.493 e. The molecule has 0 unspecified atom stereocenters. The Hall–Kier alpha value is -3.74. The molecule has 1 fully saturated rings. The second-order valence-electron chi connectivity index (χ2n) is 10.2. The summed E-state index contributed by atoms with van der Waals surface area (Å²) in [5, 5.41) is 0. The van der Waals surface area contributed by atoms with Crippen molar-refractivity contribution in [2.24, 2.45) is 11.8 Å². The molecule has 7 heteroatoms. The average Bonchev–Trinajstić information content (AvgIpc) is 2.93. The molecule has 1 aliphatic rings. The topological polar surface area (TPSA) is 114 Å². The van der Waals surface area contributed by atoms with Gasteiger partial charge in [0.1, 0.15) is 5.75 Å². The lowest BCUT2D eigenvalue weighted by atomic mass is 9.81. The maximum Gasteiger partial charge on any atom is 0.338 e. The van der Waals surface area contributed by atoms with Gasteiger partial charge >= 0.3 is 11.9 Å². The highest BCUT2D eigenvalue weighted by atomic mass is 16.5. The van der Waals surface area contributed by atoms with E-state index in [1.165, 1.54) is 31.8 Å². The molecule has 7 nitrogen and oxygen atoms in total. The monoisotopic (exact) mass is 534 g/mol. The van der Waals surface area contributed by atoms with Crippen LogP contribution in [0.2, 0.25) is 0 Å². The van der Waals surface area contributed by atoms with Gasteiger partial charge in [-0.05, 0) is 112 Å². The van der Waals surface area contributed by atoms with Crippen molar-refractivity contribution in [2.75, 3.05) is 31.3 Å². The predicted octanol–water partition coefficient (Wildman–Crippen LogP) is 6.59. The number of allylic oxidation sites excluding steroid dienone is 1. The maximum atomic E-state index is 12.0. The predicted molar refractivity (Wildman–Crippen MR) is 156 cm³/mol. The fraction of sp³-hybridized carbons (Fsp3) is 0.438. The number of unbranched alkanes of at least 4 members (excludes halogenated alkanes) is 3. The van der Waals surface area contributed by atoms with Crippen LogP contribution in [0.3, 0.4) is 0 Å². The second kappa shape index (κ2) is 16.3. The summed E-state index contributed by atoms with van der Waals surface area (Å²) in [6.07, 6.45) is 14.5. The van der Waals surface area contributed by atoms with Crippen molar-refractivity contribution in [2.45, 2.75) is 57.8 Å². The van der Waals surface area contributed by atoms with E-state index in [4.69, 9.17) is 25.7 Å². The van der Waals surface area contributed by atoms with Crippen molar-refractivity contribution in [3.63, 3.8) is 0 Å². The summed E-state index contributed by atoms with van der Waals surface area (Å²) in [5.74, 6) is 1.47. The van der Waals surface area contributed by atoms with Gasteiger partial charge in [0.05, 0.1) is 25.4 Å². The fourth-order valence-electron chi connectivity index (χ4n) is 4.74. The average molecular weight is 535 g/mol. The van der Waals surface area contributed by atoms with Gasteiger partial charge in [-0.1, -0.05) is 18.2 Å². The van der Waals surface area contributed by atoms with Crippen LogP contribution in [0.4, 0.5) is 11.4 Å². The van der Waals surface area contributed by atoms with E-state index in [9.17, 15) is 9.59 Å². The normalized spacial score (nSPS) is 17.0. The standard InChI is InChI=1S/C32H42N2O5/c1-2-7-24-8-10-26(11-9-24)23-39-30-15-12-25(13-16-30)14-17-31(35)37-18-5-3-4-6-19-38-32(36)27-20-28(33)22-29(34)21-27/h2,12-17,20-22,24,26H,1,3-11,18-19,23,33-34H2/b17-14+. The molecule has 2 aromatic carbocycles. The Morgan fingerprint density at radius 1 is 0.846 bits per heavy atom. The van der Waals surface area contributed by atoms with Gasteiger partial charge in [-0.2, -0.15) is 0 Å². The van der Waals surface area contributed by atoms with Gasteiger partial charge in [-0.3, -0.25) is 0 Å². The lowest BCUT2D eigenvalue weighted by Crippen LogP contribution is -2.19. The second-order valence-corrected chi connectivity index (χ2v) is 10.2. The van der Waals surface area contributed by atoms with E-state index in [1.54, 1.807) is 24.3 Å². The van der Waals surface area contributed by atoms with Gasteiger partial charge in [0, 0.05) is 17.5 Å². The van der Waals surface area contributed by atoms with Gasteiger partial charge < -0.3 is 25.7 Å². The van der Waals surface area contributed by atoms with Crippen molar-refractivity contribution in [1.82, 2.24) is 0 Å². The van der Waals surface area contributed by atoms with Crippen LogP contribution < -0.4 is 16.2 Å². The third-order valence-electron chi connectivity index (χ3n) is 6.97. The van der Waals surface area contributed by atoms with Crippen LogP contribution >= 0.6 is 0 Å². The van der Waals surface area contributed by atoms with E-state index >= 15 is 0 Å². The molecule has 0 atom stereocenters. The van der Waals surface area contributed by atoms with Crippen LogP contribution in [0.15, 0.2) is 61.2 Å². The number of benzene rings is 2. The van der Waals surface area contributed by atoms with E-state index in [1.807, 2.05) is 30.3 Å². The molecule has 0 aromatic heterocycles. The van der Waals surface area contributed by atoms with Crippen LogP contribution in [0.5, 0.6) is 5.75 Å². The highest BCUT2D eigenvalue weighted by Crippen LogP contribution is 2.31.